The lowest BCUT2D eigenvalue weighted by Gasteiger charge is -2.04. The average molecular weight is 432 g/mol. The molecule has 1 amide bonds. The standard InChI is InChI=1S/C23H20N4O5/c1-16-5-4-6-17(11-16)13-26-14-18(12-24-26)25-23(28)22-10-9-19(32-22)15-31-21-8-3-2-7-20(21)27(29)30/h2-12,14H,13,15H2,1H3,(H,25,28). The van der Waals surface area contributed by atoms with Gasteiger partial charge in [-0.25, -0.2) is 0 Å². The van der Waals surface area contributed by atoms with Gasteiger partial charge in [-0.15, -0.1) is 0 Å². The topological polar surface area (TPSA) is 112 Å². The Balaban J connectivity index is 1.35. The number of amides is 1. The van der Waals surface area contributed by atoms with Crippen molar-refractivity contribution in [3.63, 3.8) is 0 Å². The van der Waals surface area contributed by atoms with Crippen LogP contribution in [-0.4, -0.2) is 20.6 Å². The molecule has 0 saturated heterocycles. The number of rotatable bonds is 8. The summed E-state index contributed by atoms with van der Waals surface area (Å²) < 4.78 is 12.7. The molecular formula is C23H20N4O5. The van der Waals surface area contributed by atoms with Crippen LogP contribution in [0.1, 0.15) is 27.4 Å². The fraction of sp³-hybridized carbons (Fsp3) is 0.130. The van der Waals surface area contributed by atoms with Crippen LogP contribution < -0.4 is 10.1 Å². The number of anilines is 1. The minimum atomic E-state index is -0.518. The number of ether oxygens (including phenoxy) is 1. The van der Waals surface area contributed by atoms with Crippen molar-refractivity contribution in [2.45, 2.75) is 20.1 Å². The van der Waals surface area contributed by atoms with Crippen molar-refractivity contribution in [2.75, 3.05) is 5.32 Å². The molecule has 0 spiro atoms. The molecule has 0 saturated carbocycles. The fourth-order valence-corrected chi connectivity index (χ4v) is 3.16. The number of aryl methyl sites for hydroxylation is 1. The second-order valence-electron chi connectivity index (χ2n) is 7.15. The van der Waals surface area contributed by atoms with Crippen molar-refractivity contribution in [1.29, 1.82) is 0 Å². The summed E-state index contributed by atoms with van der Waals surface area (Å²) >= 11 is 0. The summed E-state index contributed by atoms with van der Waals surface area (Å²) in [6, 6.07) is 17.3. The van der Waals surface area contributed by atoms with E-state index < -0.39 is 10.8 Å². The van der Waals surface area contributed by atoms with E-state index in [0.717, 1.165) is 5.56 Å². The van der Waals surface area contributed by atoms with E-state index in [9.17, 15) is 14.9 Å². The van der Waals surface area contributed by atoms with Crippen LogP contribution in [0, 0.1) is 17.0 Å². The predicted octanol–water partition coefficient (Wildman–Crippen LogP) is 4.57. The molecule has 1 N–H and O–H groups in total. The molecule has 0 radical (unpaired) electrons. The zero-order chi connectivity index (χ0) is 22.5. The van der Waals surface area contributed by atoms with E-state index in [4.69, 9.17) is 9.15 Å². The number of furan rings is 1. The number of hydrogen-bond donors (Lipinski definition) is 1. The predicted molar refractivity (Wildman–Crippen MR) is 117 cm³/mol. The van der Waals surface area contributed by atoms with E-state index in [1.807, 2.05) is 25.1 Å². The second-order valence-corrected chi connectivity index (χ2v) is 7.15. The maximum absolute atomic E-state index is 12.5. The lowest BCUT2D eigenvalue weighted by molar-refractivity contribution is -0.386. The summed E-state index contributed by atoms with van der Waals surface area (Å²) in [6.45, 7) is 2.57. The average Bonchev–Trinajstić information content (AvgIpc) is 3.42. The van der Waals surface area contributed by atoms with Gasteiger partial charge in [-0.2, -0.15) is 5.10 Å². The highest BCUT2D eigenvalue weighted by Crippen LogP contribution is 2.27. The molecule has 32 heavy (non-hydrogen) atoms. The Kier molecular flexibility index (Phi) is 5.98. The summed E-state index contributed by atoms with van der Waals surface area (Å²) in [7, 11) is 0. The van der Waals surface area contributed by atoms with E-state index in [2.05, 4.69) is 16.5 Å². The summed E-state index contributed by atoms with van der Waals surface area (Å²) in [4.78, 5) is 23.0. The van der Waals surface area contributed by atoms with Gasteiger partial charge in [0.2, 0.25) is 0 Å². The summed E-state index contributed by atoms with van der Waals surface area (Å²) in [6.07, 6.45) is 3.30. The Bertz CT molecular complexity index is 1260. The smallest absolute Gasteiger partial charge is 0.310 e. The SMILES string of the molecule is Cc1cccc(Cn2cc(NC(=O)c3ccc(COc4ccccc4[N+](=O)[O-])o3)cn2)c1. The molecule has 9 nitrogen and oxygen atoms in total. The van der Waals surface area contributed by atoms with Crippen LogP contribution in [-0.2, 0) is 13.2 Å². The maximum atomic E-state index is 12.5. The molecule has 2 aromatic heterocycles. The van der Waals surface area contributed by atoms with Crippen molar-refractivity contribution in [1.82, 2.24) is 9.78 Å². The van der Waals surface area contributed by atoms with Crippen molar-refractivity contribution < 1.29 is 18.9 Å². The van der Waals surface area contributed by atoms with Gasteiger partial charge in [0.05, 0.1) is 23.4 Å². The van der Waals surface area contributed by atoms with E-state index in [1.54, 1.807) is 35.3 Å². The Morgan fingerprint density at radius 3 is 2.84 bits per heavy atom. The molecule has 0 bridgehead atoms. The monoisotopic (exact) mass is 432 g/mol. The molecule has 4 rings (SSSR count). The lowest BCUT2D eigenvalue weighted by atomic mass is 10.1. The molecule has 162 valence electrons. The summed E-state index contributed by atoms with van der Waals surface area (Å²) in [5.41, 5.74) is 2.68. The number of carbonyl (C=O) groups excluding carboxylic acids is 1. The molecule has 0 unspecified atom stereocenters. The molecule has 4 aromatic rings. The Morgan fingerprint density at radius 1 is 1.19 bits per heavy atom. The normalized spacial score (nSPS) is 10.7. The number of nitrogens with one attached hydrogen (secondary N) is 1. The van der Waals surface area contributed by atoms with Crippen LogP contribution in [0.4, 0.5) is 11.4 Å². The summed E-state index contributed by atoms with van der Waals surface area (Å²) in [5.74, 6) is 0.152. The van der Waals surface area contributed by atoms with Gasteiger partial charge in [-0.3, -0.25) is 19.6 Å². The van der Waals surface area contributed by atoms with Crippen molar-refractivity contribution >= 4 is 17.3 Å². The van der Waals surface area contributed by atoms with E-state index in [0.29, 0.717) is 18.0 Å². The minimum Gasteiger partial charge on any atom is -0.479 e. The molecule has 2 aromatic carbocycles. The highest BCUT2D eigenvalue weighted by Gasteiger charge is 2.16. The van der Waals surface area contributed by atoms with Gasteiger partial charge in [-0.05, 0) is 30.7 Å². The van der Waals surface area contributed by atoms with Crippen LogP contribution >= 0.6 is 0 Å². The first-order valence-corrected chi connectivity index (χ1v) is 9.82. The molecule has 0 aliphatic heterocycles. The van der Waals surface area contributed by atoms with Crippen LogP contribution in [0.5, 0.6) is 5.75 Å². The molecular weight excluding hydrogens is 412 g/mol. The van der Waals surface area contributed by atoms with E-state index >= 15 is 0 Å². The third kappa shape index (κ3) is 5.01. The second kappa shape index (κ2) is 9.17. The maximum Gasteiger partial charge on any atom is 0.310 e. The molecule has 0 atom stereocenters. The molecule has 9 heteroatoms. The van der Waals surface area contributed by atoms with Crippen LogP contribution in [0.25, 0.3) is 0 Å². The Labute approximate surface area is 183 Å². The Morgan fingerprint density at radius 2 is 2.03 bits per heavy atom. The Hall–Kier alpha value is -4.40. The van der Waals surface area contributed by atoms with Gasteiger partial charge >= 0.3 is 5.69 Å². The van der Waals surface area contributed by atoms with Crippen LogP contribution in [0.3, 0.4) is 0 Å². The first kappa shape index (κ1) is 20.9. The number of nitrogens with zero attached hydrogens (tertiary/aromatic N) is 3. The first-order chi connectivity index (χ1) is 15.5. The molecule has 0 aliphatic rings. The van der Waals surface area contributed by atoms with Crippen molar-refractivity contribution in [3.8, 4) is 5.75 Å². The zero-order valence-corrected chi connectivity index (χ0v) is 17.2. The van der Waals surface area contributed by atoms with Gasteiger partial charge in [0, 0.05) is 12.3 Å². The molecule has 0 aliphatic carbocycles. The first-order valence-electron chi connectivity index (χ1n) is 9.82. The van der Waals surface area contributed by atoms with E-state index in [1.165, 1.54) is 23.8 Å². The third-order valence-corrected chi connectivity index (χ3v) is 4.64. The van der Waals surface area contributed by atoms with E-state index in [-0.39, 0.29) is 23.8 Å². The molecule has 0 fully saturated rings. The fourth-order valence-electron chi connectivity index (χ4n) is 3.16. The van der Waals surface area contributed by atoms with Crippen molar-refractivity contribution in [3.05, 3.63) is 106 Å². The number of hydrogen-bond acceptors (Lipinski definition) is 6. The number of benzene rings is 2. The number of aromatic nitrogens is 2. The van der Waals surface area contributed by atoms with Crippen LogP contribution in [0.2, 0.25) is 0 Å². The highest BCUT2D eigenvalue weighted by atomic mass is 16.6. The third-order valence-electron chi connectivity index (χ3n) is 4.64. The van der Waals surface area contributed by atoms with Gasteiger partial charge in [0.15, 0.2) is 11.5 Å². The number of para-hydroxylation sites is 2. The summed E-state index contributed by atoms with van der Waals surface area (Å²) in [5, 5.41) is 18.1. The van der Waals surface area contributed by atoms with Gasteiger partial charge < -0.3 is 14.5 Å². The molecule has 2 heterocycles. The van der Waals surface area contributed by atoms with Gasteiger partial charge in [0.25, 0.3) is 5.91 Å². The van der Waals surface area contributed by atoms with Gasteiger partial charge in [-0.1, -0.05) is 42.0 Å². The van der Waals surface area contributed by atoms with Crippen molar-refractivity contribution in [2.24, 2.45) is 0 Å². The quantitative estimate of drug-likeness (QED) is 0.322. The lowest BCUT2D eigenvalue weighted by Crippen LogP contribution is -2.10. The number of carbonyl (C=O) groups is 1. The number of nitro benzene ring substituents is 1. The number of nitro groups is 1. The largest absolute Gasteiger partial charge is 0.479 e. The van der Waals surface area contributed by atoms with Crippen LogP contribution in [0.15, 0.2) is 77.5 Å². The highest BCUT2D eigenvalue weighted by molar-refractivity contribution is 6.02. The van der Waals surface area contributed by atoms with Gasteiger partial charge in [0.1, 0.15) is 12.4 Å². The minimum absolute atomic E-state index is 0.0490. The zero-order valence-electron chi connectivity index (χ0n) is 17.2.